The van der Waals surface area contributed by atoms with Crippen LogP contribution in [0.2, 0.25) is 0 Å². The summed E-state index contributed by atoms with van der Waals surface area (Å²) in [7, 11) is 0. The average molecular weight is 198 g/mol. The van der Waals surface area contributed by atoms with Crippen LogP contribution in [0.15, 0.2) is 24.3 Å². The molecule has 0 bridgehead atoms. The zero-order chi connectivity index (χ0) is 10.7. The maximum atomic E-state index is 12.7. The van der Waals surface area contributed by atoms with Crippen molar-refractivity contribution in [1.82, 2.24) is 0 Å². The first-order valence-electron chi connectivity index (χ1n) is 4.18. The van der Waals surface area contributed by atoms with E-state index in [9.17, 15) is 14.3 Å². The predicted octanol–water partition coefficient (Wildman–Crippen LogP) is 1.58. The first kappa shape index (κ1) is 10.7. The van der Waals surface area contributed by atoms with Gasteiger partial charge in [-0.3, -0.25) is 4.79 Å². The van der Waals surface area contributed by atoms with E-state index in [4.69, 9.17) is 5.11 Å². The second-order valence-electron chi connectivity index (χ2n) is 3.13. The molecule has 0 saturated carbocycles. The van der Waals surface area contributed by atoms with Gasteiger partial charge in [-0.15, -0.1) is 0 Å². The lowest BCUT2D eigenvalue weighted by Crippen LogP contribution is -2.18. The molecule has 0 aliphatic carbocycles. The van der Waals surface area contributed by atoms with Crippen LogP contribution in [0.4, 0.5) is 4.39 Å². The molecule has 0 aliphatic heterocycles. The minimum atomic E-state index is -1.18. The number of carbonyl (C=O) groups is 1. The lowest BCUT2D eigenvalue weighted by Gasteiger charge is -2.14. The third kappa shape index (κ3) is 2.29. The topological polar surface area (TPSA) is 57.5 Å². The second-order valence-corrected chi connectivity index (χ2v) is 3.13. The van der Waals surface area contributed by atoms with Crippen LogP contribution in [-0.2, 0) is 4.79 Å². The Morgan fingerprint density at radius 2 is 2.14 bits per heavy atom. The minimum absolute atomic E-state index is 0.278. The van der Waals surface area contributed by atoms with E-state index in [0.717, 1.165) is 6.07 Å². The molecule has 2 N–H and O–H groups in total. The van der Waals surface area contributed by atoms with Crippen LogP contribution < -0.4 is 0 Å². The molecule has 3 nitrogen and oxygen atoms in total. The van der Waals surface area contributed by atoms with Crippen molar-refractivity contribution in [3.05, 3.63) is 35.6 Å². The van der Waals surface area contributed by atoms with Crippen molar-refractivity contribution >= 4 is 5.97 Å². The van der Waals surface area contributed by atoms with Gasteiger partial charge in [0, 0.05) is 0 Å². The van der Waals surface area contributed by atoms with Crippen LogP contribution >= 0.6 is 0 Å². The highest BCUT2D eigenvalue weighted by Crippen LogP contribution is 2.22. The summed E-state index contributed by atoms with van der Waals surface area (Å²) in [5.41, 5.74) is 0.278. The van der Waals surface area contributed by atoms with Crippen molar-refractivity contribution in [3.8, 4) is 0 Å². The van der Waals surface area contributed by atoms with Crippen molar-refractivity contribution in [2.24, 2.45) is 5.92 Å². The van der Waals surface area contributed by atoms with Gasteiger partial charge in [-0.25, -0.2) is 4.39 Å². The number of hydrogen-bond acceptors (Lipinski definition) is 2. The Morgan fingerprint density at radius 3 is 2.64 bits per heavy atom. The lowest BCUT2D eigenvalue weighted by molar-refractivity contribution is -0.145. The zero-order valence-electron chi connectivity index (χ0n) is 7.64. The molecule has 76 valence electrons. The molecule has 0 aliphatic rings. The molecule has 1 rings (SSSR count). The van der Waals surface area contributed by atoms with E-state index in [-0.39, 0.29) is 5.56 Å². The van der Waals surface area contributed by atoms with E-state index >= 15 is 0 Å². The molecule has 0 aromatic heterocycles. The monoisotopic (exact) mass is 198 g/mol. The van der Waals surface area contributed by atoms with Gasteiger partial charge in [0.2, 0.25) is 0 Å². The molecule has 0 saturated heterocycles. The summed E-state index contributed by atoms with van der Waals surface area (Å²) >= 11 is 0. The highest BCUT2D eigenvalue weighted by atomic mass is 19.1. The van der Waals surface area contributed by atoms with Crippen LogP contribution in [0.5, 0.6) is 0 Å². The first-order valence-corrected chi connectivity index (χ1v) is 4.18. The van der Waals surface area contributed by atoms with E-state index in [1.54, 1.807) is 0 Å². The number of benzene rings is 1. The predicted molar refractivity (Wildman–Crippen MR) is 48.2 cm³/mol. The molecule has 0 radical (unpaired) electrons. The third-order valence-electron chi connectivity index (χ3n) is 2.05. The van der Waals surface area contributed by atoms with Crippen LogP contribution in [0.3, 0.4) is 0 Å². The molecule has 14 heavy (non-hydrogen) atoms. The fourth-order valence-electron chi connectivity index (χ4n) is 1.11. The number of aliphatic carboxylic acids is 1. The highest BCUT2D eigenvalue weighted by molar-refractivity contribution is 5.70. The summed E-state index contributed by atoms with van der Waals surface area (Å²) in [4.78, 5) is 10.5. The van der Waals surface area contributed by atoms with Crippen LogP contribution in [0.1, 0.15) is 18.6 Å². The number of halogens is 1. The molecule has 2 atom stereocenters. The maximum Gasteiger partial charge on any atom is 0.309 e. The lowest BCUT2D eigenvalue weighted by atomic mass is 9.98. The quantitative estimate of drug-likeness (QED) is 0.775. The van der Waals surface area contributed by atoms with Gasteiger partial charge in [0.1, 0.15) is 5.82 Å². The normalized spacial score (nSPS) is 14.8. The minimum Gasteiger partial charge on any atom is -0.481 e. The van der Waals surface area contributed by atoms with Crippen molar-refractivity contribution in [2.45, 2.75) is 13.0 Å². The molecular weight excluding hydrogens is 187 g/mol. The van der Waals surface area contributed by atoms with Gasteiger partial charge in [-0.1, -0.05) is 12.1 Å². The molecule has 0 fully saturated rings. The number of rotatable bonds is 3. The van der Waals surface area contributed by atoms with Gasteiger partial charge in [-0.2, -0.15) is 0 Å². The van der Waals surface area contributed by atoms with E-state index in [2.05, 4.69) is 0 Å². The van der Waals surface area contributed by atoms with Gasteiger partial charge in [0.15, 0.2) is 0 Å². The summed E-state index contributed by atoms with van der Waals surface area (Å²) < 4.78 is 12.7. The van der Waals surface area contributed by atoms with Gasteiger partial charge in [0.05, 0.1) is 12.0 Å². The molecule has 0 spiro atoms. The fourth-order valence-corrected chi connectivity index (χ4v) is 1.11. The smallest absolute Gasteiger partial charge is 0.309 e. The van der Waals surface area contributed by atoms with E-state index in [0.29, 0.717) is 0 Å². The Hall–Kier alpha value is -1.42. The second kappa shape index (κ2) is 4.19. The largest absolute Gasteiger partial charge is 0.481 e. The Balaban J connectivity index is 2.89. The summed E-state index contributed by atoms with van der Waals surface area (Å²) in [6.07, 6.45) is -1.18. The van der Waals surface area contributed by atoms with Crippen molar-refractivity contribution in [2.75, 3.05) is 0 Å². The van der Waals surface area contributed by atoms with Crippen molar-refractivity contribution in [3.63, 3.8) is 0 Å². The van der Waals surface area contributed by atoms with Crippen LogP contribution in [0.25, 0.3) is 0 Å². The fraction of sp³-hybridized carbons (Fsp3) is 0.300. The number of aliphatic hydroxyl groups excluding tert-OH is 1. The summed E-state index contributed by atoms with van der Waals surface area (Å²) in [5, 5.41) is 18.2. The Bertz CT molecular complexity index is 338. The van der Waals surface area contributed by atoms with Gasteiger partial charge in [-0.05, 0) is 24.6 Å². The van der Waals surface area contributed by atoms with Gasteiger partial charge >= 0.3 is 5.97 Å². The third-order valence-corrected chi connectivity index (χ3v) is 2.05. The highest BCUT2D eigenvalue weighted by Gasteiger charge is 2.22. The van der Waals surface area contributed by atoms with Crippen molar-refractivity contribution < 1.29 is 19.4 Å². The van der Waals surface area contributed by atoms with E-state index < -0.39 is 23.8 Å². The standard InChI is InChI=1S/C10H11FO3/c1-6(10(13)14)9(12)7-3-2-4-8(11)5-7/h2-6,9,12H,1H3,(H,13,14). The summed E-state index contributed by atoms with van der Waals surface area (Å²) in [6, 6.07) is 5.29. The molecule has 2 unspecified atom stereocenters. The van der Waals surface area contributed by atoms with E-state index in [1.807, 2.05) is 0 Å². The Morgan fingerprint density at radius 1 is 1.50 bits per heavy atom. The summed E-state index contributed by atoms with van der Waals surface area (Å²) in [6.45, 7) is 1.37. The van der Waals surface area contributed by atoms with Gasteiger partial charge < -0.3 is 10.2 Å². The van der Waals surface area contributed by atoms with Crippen molar-refractivity contribution in [1.29, 1.82) is 0 Å². The molecule has 4 heteroatoms. The molecular formula is C10H11FO3. The zero-order valence-corrected chi connectivity index (χ0v) is 7.64. The van der Waals surface area contributed by atoms with Gasteiger partial charge in [0.25, 0.3) is 0 Å². The number of carboxylic acid groups (broad SMARTS) is 1. The van der Waals surface area contributed by atoms with Crippen LogP contribution in [-0.4, -0.2) is 16.2 Å². The summed E-state index contributed by atoms with van der Waals surface area (Å²) in [5.74, 6) is -2.54. The first-order chi connectivity index (χ1) is 6.52. The number of carboxylic acids is 1. The maximum absolute atomic E-state index is 12.7. The Labute approximate surface area is 80.8 Å². The SMILES string of the molecule is CC(C(=O)O)C(O)c1cccc(F)c1. The average Bonchev–Trinajstić information content (AvgIpc) is 2.15. The van der Waals surface area contributed by atoms with Crippen LogP contribution in [0, 0.1) is 11.7 Å². The Kier molecular flexibility index (Phi) is 3.19. The van der Waals surface area contributed by atoms with E-state index in [1.165, 1.54) is 25.1 Å². The number of aliphatic hydroxyl groups is 1. The molecule has 1 aromatic rings. The molecule has 0 amide bonds. The number of hydrogen-bond donors (Lipinski definition) is 2. The molecule has 1 aromatic carbocycles. The molecule has 0 heterocycles.